The molecule has 7 heteroatoms. The van der Waals surface area contributed by atoms with Gasteiger partial charge >= 0.3 is 0 Å². The lowest BCUT2D eigenvalue weighted by molar-refractivity contribution is 0.333. The third-order valence-electron chi connectivity index (χ3n) is 4.17. The molecule has 1 aromatic rings. The van der Waals surface area contributed by atoms with Gasteiger partial charge in [-0.15, -0.1) is 0 Å². The first-order chi connectivity index (χ1) is 10.8. The van der Waals surface area contributed by atoms with E-state index in [1.807, 2.05) is 30.0 Å². The first kappa shape index (κ1) is 18.5. The summed E-state index contributed by atoms with van der Waals surface area (Å²) < 4.78 is 23.6. The van der Waals surface area contributed by atoms with Crippen LogP contribution in [0.2, 0.25) is 5.02 Å². The van der Waals surface area contributed by atoms with Gasteiger partial charge in [0.25, 0.3) is 0 Å². The minimum Gasteiger partial charge on any atom is -0.345 e. The molecule has 4 nitrogen and oxygen atoms in total. The molecule has 1 aliphatic rings. The van der Waals surface area contributed by atoms with E-state index in [4.69, 9.17) is 23.8 Å². The van der Waals surface area contributed by atoms with Crippen molar-refractivity contribution in [1.29, 1.82) is 0 Å². The predicted octanol–water partition coefficient (Wildman–Crippen LogP) is 3.63. The number of hydrogen-bond acceptors (Lipinski definition) is 3. The number of hydrogen-bond donors (Lipinski definition) is 1. The van der Waals surface area contributed by atoms with Crippen molar-refractivity contribution in [3.63, 3.8) is 0 Å². The van der Waals surface area contributed by atoms with E-state index in [2.05, 4.69) is 12.2 Å². The molecule has 1 aliphatic heterocycles. The summed E-state index contributed by atoms with van der Waals surface area (Å²) in [6.07, 6.45) is 2.66. The smallest absolute Gasteiger partial charge is 0.173 e. The second-order valence-electron chi connectivity index (χ2n) is 5.95. The van der Waals surface area contributed by atoms with Gasteiger partial charge in [0, 0.05) is 23.3 Å². The van der Waals surface area contributed by atoms with Crippen LogP contribution in [0.25, 0.3) is 0 Å². The van der Waals surface area contributed by atoms with Gasteiger partial charge in [-0.1, -0.05) is 31.0 Å². The molecule has 0 radical (unpaired) electrons. The van der Waals surface area contributed by atoms with Crippen molar-refractivity contribution in [1.82, 2.24) is 4.90 Å². The van der Waals surface area contributed by atoms with Crippen LogP contribution in [0.3, 0.4) is 0 Å². The van der Waals surface area contributed by atoms with Crippen molar-refractivity contribution in [2.45, 2.75) is 39.2 Å². The zero-order valence-electron chi connectivity index (χ0n) is 13.5. The molecular formula is C16H23ClN2O2S2. The van der Waals surface area contributed by atoms with Crippen LogP contribution >= 0.6 is 23.8 Å². The molecule has 1 heterocycles. The number of nitrogens with zero attached hydrogens (tertiary/aromatic N) is 1. The molecule has 0 aromatic heterocycles. The molecule has 0 amide bonds. The average molecular weight is 375 g/mol. The highest BCUT2D eigenvalue weighted by Gasteiger charge is 2.33. The van der Waals surface area contributed by atoms with Crippen LogP contribution in [0.15, 0.2) is 18.2 Å². The lowest BCUT2D eigenvalue weighted by Crippen LogP contribution is -2.44. The monoisotopic (exact) mass is 374 g/mol. The average Bonchev–Trinajstić information content (AvgIpc) is 2.84. The maximum absolute atomic E-state index is 11.8. The Hall–Kier alpha value is -0.850. The van der Waals surface area contributed by atoms with Gasteiger partial charge in [-0.3, -0.25) is 0 Å². The molecule has 0 bridgehead atoms. The van der Waals surface area contributed by atoms with Gasteiger partial charge in [0.05, 0.1) is 11.5 Å². The Morgan fingerprint density at radius 2 is 2.22 bits per heavy atom. The lowest BCUT2D eigenvalue weighted by atomic mass is 10.2. The minimum absolute atomic E-state index is 0.0361. The molecule has 0 saturated carbocycles. The third kappa shape index (κ3) is 4.81. The van der Waals surface area contributed by atoms with E-state index in [1.165, 1.54) is 0 Å². The van der Waals surface area contributed by atoms with Gasteiger partial charge < -0.3 is 10.2 Å². The summed E-state index contributed by atoms with van der Waals surface area (Å²) in [4.78, 5) is 2.03. The maximum atomic E-state index is 11.8. The summed E-state index contributed by atoms with van der Waals surface area (Å²) in [5.41, 5.74) is 1.80. The summed E-state index contributed by atoms with van der Waals surface area (Å²) >= 11 is 11.7. The molecule has 0 aliphatic carbocycles. The first-order valence-corrected chi connectivity index (χ1v) is 10.5. The van der Waals surface area contributed by atoms with Gasteiger partial charge in [-0.2, -0.15) is 0 Å². The number of halogens is 1. The van der Waals surface area contributed by atoms with Crippen LogP contribution in [0, 0.1) is 6.92 Å². The fourth-order valence-electron chi connectivity index (χ4n) is 2.73. The van der Waals surface area contributed by atoms with Crippen LogP contribution in [0.1, 0.15) is 31.7 Å². The highest BCUT2D eigenvalue weighted by Crippen LogP contribution is 2.25. The Morgan fingerprint density at radius 3 is 2.83 bits per heavy atom. The fraction of sp³-hybridized carbons (Fsp3) is 0.562. The summed E-state index contributed by atoms with van der Waals surface area (Å²) in [5.74, 6) is 0.437. The second-order valence-corrected chi connectivity index (χ2v) is 8.97. The van der Waals surface area contributed by atoms with Crippen molar-refractivity contribution in [3.05, 3.63) is 28.8 Å². The van der Waals surface area contributed by atoms with Crippen molar-refractivity contribution in [2.24, 2.45) is 0 Å². The largest absolute Gasteiger partial charge is 0.345 e. The van der Waals surface area contributed by atoms with Gasteiger partial charge in [0.2, 0.25) is 0 Å². The number of sulfone groups is 1. The third-order valence-corrected chi connectivity index (χ3v) is 6.67. The van der Waals surface area contributed by atoms with Crippen LogP contribution < -0.4 is 5.32 Å². The van der Waals surface area contributed by atoms with Crippen molar-refractivity contribution in [2.75, 3.05) is 23.4 Å². The number of anilines is 1. The van der Waals surface area contributed by atoms with Crippen LogP contribution in [0.5, 0.6) is 0 Å². The van der Waals surface area contributed by atoms with Gasteiger partial charge in [-0.05, 0) is 49.7 Å². The number of unbranched alkanes of at least 4 members (excludes halogenated alkanes) is 1. The van der Waals surface area contributed by atoms with E-state index >= 15 is 0 Å². The molecule has 23 heavy (non-hydrogen) atoms. The standard InChI is InChI=1S/C16H23ClN2O2S2/c1-3-4-9-19(13-8-10-23(20,21)11-13)16(22)18-15-7-5-6-14(17)12(15)2/h5-7,13H,3-4,8-11H2,1-2H3,(H,18,22)/t13-/m0/s1. The van der Waals surface area contributed by atoms with Gasteiger partial charge in [0.1, 0.15) is 0 Å². The van der Waals surface area contributed by atoms with Crippen LogP contribution in [0.4, 0.5) is 5.69 Å². The van der Waals surface area contributed by atoms with Crippen molar-refractivity contribution < 1.29 is 8.42 Å². The van der Waals surface area contributed by atoms with Crippen molar-refractivity contribution >= 4 is 44.5 Å². The van der Waals surface area contributed by atoms with Crippen LogP contribution in [-0.2, 0) is 9.84 Å². The molecule has 0 spiro atoms. The second kappa shape index (κ2) is 7.81. The van der Waals surface area contributed by atoms with E-state index in [1.54, 1.807) is 0 Å². The highest BCUT2D eigenvalue weighted by atomic mass is 35.5. The topological polar surface area (TPSA) is 49.4 Å². The number of thiocarbonyl (C=S) groups is 1. The Bertz CT molecular complexity index is 677. The number of nitrogens with one attached hydrogen (secondary N) is 1. The SMILES string of the molecule is CCCCN(C(=S)Nc1cccc(Cl)c1C)[C@H]1CCS(=O)(=O)C1. The van der Waals surface area contributed by atoms with E-state index in [0.29, 0.717) is 16.6 Å². The van der Waals surface area contributed by atoms with Crippen LogP contribution in [-0.4, -0.2) is 42.5 Å². The quantitative estimate of drug-likeness (QED) is 0.797. The predicted molar refractivity (Wildman–Crippen MR) is 101 cm³/mol. The van der Waals surface area contributed by atoms with Gasteiger partial charge in [0.15, 0.2) is 14.9 Å². The summed E-state index contributed by atoms with van der Waals surface area (Å²) in [7, 11) is -2.94. The van der Waals surface area contributed by atoms with E-state index in [0.717, 1.165) is 30.6 Å². The molecule has 1 aromatic carbocycles. The molecule has 2 rings (SSSR count). The Labute approximate surface area is 149 Å². The van der Waals surface area contributed by atoms with Crippen molar-refractivity contribution in [3.8, 4) is 0 Å². The van der Waals surface area contributed by atoms with E-state index in [9.17, 15) is 8.42 Å². The van der Waals surface area contributed by atoms with Gasteiger partial charge in [-0.25, -0.2) is 8.42 Å². The van der Waals surface area contributed by atoms with E-state index in [-0.39, 0.29) is 17.5 Å². The summed E-state index contributed by atoms with van der Waals surface area (Å²) in [6, 6.07) is 5.60. The molecule has 1 saturated heterocycles. The minimum atomic E-state index is -2.94. The molecule has 1 atom stereocenters. The molecule has 1 fully saturated rings. The first-order valence-electron chi connectivity index (χ1n) is 7.87. The Kier molecular flexibility index (Phi) is 6.28. The lowest BCUT2D eigenvalue weighted by Gasteiger charge is -2.31. The summed E-state index contributed by atoms with van der Waals surface area (Å²) in [5, 5.41) is 4.50. The normalized spacial score (nSPS) is 19.5. The summed E-state index contributed by atoms with van der Waals surface area (Å²) in [6.45, 7) is 4.81. The maximum Gasteiger partial charge on any atom is 0.173 e. The zero-order chi connectivity index (χ0) is 17.0. The molecule has 0 unspecified atom stereocenters. The fourth-order valence-corrected chi connectivity index (χ4v) is 4.99. The molecule has 128 valence electrons. The Morgan fingerprint density at radius 1 is 1.48 bits per heavy atom. The molecule has 1 N–H and O–H groups in total. The zero-order valence-corrected chi connectivity index (χ0v) is 15.9. The number of rotatable bonds is 5. The highest BCUT2D eigenvalue weighted by molar-refractivity contribution is 7.91. The number of benzene rings is 1. The Balaban J connectivity index is 2.15. The molecular weight excluding hydrogens is 352 g/mol. The van der Waals surface area contributed by atoms with E-state index < -0.39 is 9.84 Å².